The molecule has 0 aliphatic carbocycles. The molecule has 0 radical (unpaired) electrons. The Balaban J connectivity index is 1.92. The summed E-state index contributed by atoms with van der Waals surface area (Å²) in [5.74, 6) is -1.05. The lowest BCUT2D eigenvalue weighted by molar-refractivity contribution is -0.115. The van der Waals surface area contributed by atoms with E-state index < -0.39 is 58.3 Å². The second-order valence-corrected chi connectivity index (χ2v) is 7.32. The van der Waals surface area contributed by atoms with E-state index in [1.54, 1.807) is 0 Å². The smallest absolute Gasteiger partial charge is 0.461 e. The molecular weight excluding hydrogens is 376 g/mol. The van der Waals surface area contributed by atoms with Crippen molar-refractivity contribution in [1.29, 1.82) is 0 Å². The molecule has 1 fully saturated rings. The van der Waals surface area contributed by atoms with Gasteiger partial charge in [0.25, 0.3) is 5.56 Å². The van der Waals surface area contributed by atoms with Gasteiger partial charge in [0, 0.05) is 18.2 Å². The van der Waals surface area contributed by atoms with E-state index >= 15 is 0 Å². The zero-order valence-corrected chi connectivity index (χ0v) is 13.4. The molecule has 4 atom stereocenters. The molecule has 3 heterocycles. The first-order valence-corrected chi connectivity index (χ1v) is 8.37. The molecule has 1 aromatic heterocycles. The van der Waals surface area contributed by atoms with E-state index in [-0.39, 0.29) is 6.01 Å². The Labute approximate surface area is 138 Å². The van der Waals surface area contributed by atoms with Crippen LogP contribution in [0.1, 0.15) is 13.2 Å². The summed E-state index contributed by atoms with van der Waals surface area (Å²) in [6, 6.07) is 0.747. The van der Waals surface area contributed by atoms with Gasteiger partial charge >= 0.3 is 21.6 Å². The van der Waals surface area contributed by atoms with Crippen LogP contribution in [-0.2, 0) is 19.0 Å². The molecule has 0 amide bonds. The molecular formula is C12H12F4N2O6S. The van der Waals surface area contributed by atoms with Gasteiger partial charge in [-0.2, -0.15) is 26.6 Å². The van der Waals surface area contributed by atoms with Crippen LogP contribution < -0.4 is 10.3 Å². The van der Waals surface area contributed by atoms with Crippen molar-refractivity contribution in [2.45, 2.75) is 30.4 Å². The van der Waals surface area contributed by atoms with Gasteiger partial charge in [0.15, 0.2) is 12.4 Å². The van der Waals surface area contributed by atoms with Crippen molar-refractivity contribution in [2.75, 3.05) is 13.2 Å². The van der Waals surface area contributed by atoms with E-state index in [1.165, 1.54) is 13.1 Å². The van der Waals surface area contributed by atoms with Crippen molar-refractivity contribution in [2.24, 2.45) is 5.92 Å². The Morgan fingerprint density at radius 2 is 2.16 bits per heavy atom. The molecule has 0 aromatic carbocycles. The van der Waals surface area contributed by atoms with Crippen LogP contribution in [0.2, 0.25) is 0 Å². The number of halogens is 4. The summed E-state index contributed by atoms with van der Waals surface area (Å²) in [4.78, 5) is 14.8. The largest absolute Gasteiger partial charge is 0.523 e. The van der Waals surface area contributed by atoms with E-state index in [1.807, 2.05) is 0 Å². The summed E-state index contributed by atoms with van der Waals surface area (Å²) in [5, 5.41) is 0. The number of hydrogen-bond donors (Lipinski definition) is 0. The molecule has 3 rings (SSSR count). The van der Waals surface area contributed by atoms with Crippen molar-refractivity contribution >= 4 is 10.1 Å². The zero-order valence-electron chi connectivity index (χ0n) is 12.6. The zero-order chi connectivity index (χ0) is 18.6. The van der Waals surface area contributed by atoms with E-state index in [9.17, 15) is 30.8 Å². The second kappa shape index (κ2) is 5.64. The normalized spacial score (nSPS) is 32.0. The molecule has 25 heavy (non-hydrogen) atoms. The summed E-state index contributed by atoms with van der Waals surface area (Å²) in [5.41, 5.74) is -8.10. The fourth-order valence-corrected chi connectivity index (χ4v) is 3.15. The first-order valence-electron chi connectivity index (χ1n) is 6.96. The summed E-state index contributed by atoms with van der Waals surface area (Å²) in [6.07, 6.45) is -1.90. The number of ether oxygens (including phenoxy) is 2. The molecule has 2 bridgehead atoms. The highest BCUT2D eigenvalue weighted by molar-refractivity contribution is 7.87. The van der Waals surface area contributed by atoms with Crippen molar-refractivity contribution in [3.8, 4) is 6.01 Å². The minimum atomic E-state index is -5.88. The monoisotopic (exact) mass is 388 g/mol. The SMILES string of the molecule is C[C@H]1[C@@H](F)[C@H]2O[C@]1(COS(=O)(=O)C(F)(F)F)COc1nc(=O)ccn12. The van der Waals surface area contributed by atoms with Crippen molar-refractivity contribution in [3.63, 3.8) is 0 Å². The van der Waals surface area contributed by atoms with Crippen LogP contribution in [0.3, 0.4) is 0 Å². The van der Waals surface area contributed by atoms with E-state index in [0.717, 1.165) is 10.6 Å². The van der Waals surface area contributed by atoms with Crippen LogP contribution >= 0.6 is 0 Å². The highest BCUT2D eigenvalue weighted by atomic mass is 32.2. The number of rotatable bonds is 3. The van der Waals surface area contributed by atoms with Gasteiger partial charge in [-0.05, 0) is 0 Å². The van der Waals surface area contributed by atoms with E-state index in [4.69, 9.17) is 9.47 Å². The molecule has 0 spiro atoms. The third-order valence-electron chi connectivity index (χ3n) is 4.20. The number of nitrogens with zero attached hydrogens (tertiary/aromatic N) is 2. The fraction of sp³-hybridized carbons (Fsp3) is 0.667. The lowest BCUT2D eigenvalue weighted by Gasteiger charge is -2.30. The van der Waals surface area contributed by atoms with E-state index in [2.05, 4.69) is 9.17 Å². The molecule has 0 saturated carbocycles. The van der Waals surface area contributed by atoms with Crippen LogP contribution in [0.4, 0.5) is 17.6 Å². The molecule has 13 heteroatoms. The Morgan fingerprint density at radius 1 is 1.48 bits per heavy atom. The number of fused-ring (bicyclic) bond motifs is 4. The quantitative estimate of drug-likeness (QED) is 0.428. The Kier molecular flexibility index (Phi) is 4.08. The molecule has 140 valence electrons. The predicted molar refractivity (Wildman–Crippen MR) is 71.8 cm³/mol. The highest BCUT2D eigenvalue weighted by Gasteiger charge is 2.59. The third kappa shape index (κ3) is 2.89. The predicted octanol–water partition coefficient (Wildman–Crippen LogP) is 0.744. The molecule has 0 N–H and O–H groups in total. The maximum absolute atomic E-state index is 14.6. The van der Waals surface area contributed by atoms with E-state index in [0.29, 0.717) is 0 Å². The van der Waals surface area contributed by atoms with Crippen molar-refractivity contribution in [3.05, 3.63) is 22.6 Å². The maximum atomic E-state index is 14.6. The molecule has 2 aliphatic rings. The number of aromatic nitrogens is 2. The van der Waals surface area contributed by atoms with Crippen LogP contribution in [0.25, 0.3) is 0 Å². The number of hydrogen-bond acceptors (Lipinski definition) is 7. The summed E-state index contributed by atoms with van der Waals surface area (Å²) < 4.78 is 89.9. The van der Waals surface area contributed by atoms with Gasteiger partial charge < -0.3 is 9.47 Å². The highest BCUT2D eigenvalue weighted by Crippen LogP contribution is 2.47. The van der Waals surface area contributed by atoms with Gasteiger partial charge in [-0.1, -0.05) is 6.92 Å². The molecule has 1 saturated heterocycles. The average molecular weight is 388 g/mol. The Morgan fingerprint density at radius 3 is 2.80 bits per heavy atom. The minimum Gasteiger partial charge on any atom is -0.461 e. The maximum Gasteiger partial charge on any atom is 0.523 e. The summed E-state index contributed by atoms with van der Waals surface area (Å²) in [7, 11) is -5.88. The van der Waals surface area contributed by atoms with Gasteiger partial charge in [0.05, 0.1) is 6.61 Å². The van der Waals surface area contributed by atoms with Gasteiger partial charge in [-0.25, -0.2) is 4.39 Å². The van der Waals surface area contributed by atoms with Crippen LogP contribution in [0, 0.1) is 5.92 Å². The second-order valence-electron chi connectivity index (χ2n) is 5.71. The lowest BCUT2D eigenvalue weighted by atomic mass is 9.89. The lowest BCUT2D eigenvalue weighted by Crippen LogP contribution is -2.47. The molecule has 2 aliphatic heterocycles. The molecule has 1 aromatic rings. The van der Waals surface area contributed by atoms with Gasteiger partial charge in [-0.3, -0.25) is 13.5 Å². The minimum absolute atomic E-state index is 0.285. The standard InChI is InChI=1S/C12H12F4N2O6S/c1-6-8(13)9-18-3-2-7(19)17-10(18)22-4-11(6,24-9)5-23-25(20,21)12(14,15)16/h2-3,6,8-9H,4-5H2,1H3/t6-,8+,9+,11-/m0/s1. The van der Waals surface area contributed by atoms with Crippen LogP contribution in [0.15, 0.2) is 17.1 Å². The molecule has 0 unspecified atom stereocenters. The first kappa shape index (κ1) is 18.1. The Hall–Kier alpha value is -1.73. The van der Waals surface area contributed by atoms with Gasteiger partial charge in [0.2, 0.25) is 0 Å². The van der Waals surface area contributed by atoms with Crippen LogP contribution in [0.5, 0.6) is 6.01 Å². The Bertz CT molecular complexity index is 841. The van der Waals surface area contributed by atoms with Crippen molar-refractivity contribution in [1.82, 2.24) is 9.55 Å². The first-order chi connectivity index (χ1) is 11.5. The fourth-order valence-electron chi connectivity index (χ4n) is 2.66. The average Bonchev–Trinajstić information content (AvgIpc) is 2.67. The van der Waals surface area contributed by atoms with Crippen LogP contribution in [-0.4, -0.2) is 48.5 Å². The van der Waals surface area contributed by atoms with Gasteiger partial charge in [-0.15, -0.1) is 0 Å². The third-order valence-corrected chi connectivity index (χ3v) is 5.20. The van der Waals surface area contributed by atoms with Crippen molar-refractivity contribution < 1.29 is 39.6 Å². The van der Waals surface area contributed by atoms with Gasteiger partial charge in [0.1, 0.15) is 12.2 Å². The topological polar surface area (TPSA) is 96.7 Å². The molecule has 8 nitrogen and oxygen atoms in total. The summed E-state index contributed by atoms with van der Waals surface area (Å²) >= 11 is 0. The summed E-state index contributed by atoms with van der Waals surface area (Å²) in [6.45, 7) is -0.320. The number of alkyl halides is 4.